The predicted octanol–water partition coefficient (Wildman–Crippen LogP) is 4.18. The molecule has 2 heterocycles. The molecule has 1 aliphatic heterocycles. The van der Waals surface area contributed by atoms with E-state index in [0.29, 0.717) is 109 Å². The molecule has 2 rings (SSSR count). The van der Waals surface area contributed by atoms with Crippen LogP contribution < -0.4 is 5.32 Å². The Labute approximate surface area is 285 Å². The van der Waals surface area contributed by atoms with Crippen LogP contribution in [0.15, 0.2) is 53.3 Å². The third-order valence-electron chi connectivity index (χ3n) is 6.61. The number of allylic oxidation sites excluding steroid dienone is 2. The lowest BCUT2D eigenvalue weighted by atomic mass is 10.1. The average Bonchev–Trinajstić information content (AvgIpc) is 3.03. The van der Waals surface area contributed by atoms with Crippen LogP contribution in [0, 0.1) is 0 Å². The van der Waals surface area contributed by atoms with Crippen molar-refractivity contribution in [1.29, 1.82) is 0 Å². The highest BCUT2D eigenvalue weighted by molar-refractivity contribution is 7.80. The summed E-state index contributed by atoms with van der Waals surface area (Å²) in [6.45, 7) is 16.9. The molecule has 0 unspecified atom stereocenters. The number of hydrogen-bond acceptors (Lipinski definition) is 10. The van der Waals surface area contributed by atoms with Crippen LogP contribution in [0.25, 0.3) is 0 Å². The summed E-state index contributed by atoms with van der Waals surface area (Å²) >= 11 is 5.22. The molecule has 1 aromatic rings. The lowest BCUT2D eigenvalue weighted by Gasteiger charge is -2.24. The van der Waals surface area contributed by atoms with Crippen LogP contribution in [0.5, 0.6) is 0 Å². The maximum absolute atomic E-state index is 11.4. The van der Waals surface area contributed by atoms with Gasteiger partial charge in [-0.2, -0.15) is 0 Å². The number of rotatable bonds is 10. The molecule has 1 fully saturated rings. The van der Waals surface area contributed by atoms with Crippen LogP contribution >= 0.6 is 12.2 Å². The van der Waals surface area contributed by atoms with Crippen molar-refractivity contribution in [3.8, 4) is 0 Å². The summed E-state index contributed by atoms with van der Waals surface area (Å²) in [6.07, 6.45) is 6.44. The van der Waals surface area contributed by atoms with Crippen molar-refractivity contribution in [2.75, 3.05) is 85.6 Å². The number of nitrogens with zero attached hydrogens (tertiary/aromatic N) is 3. The number of ether oxygens (including phenoxy) is 4. The highest BCUT2D eigenvalue weighted by Gasteiger charge is 2.12. The Balaban J connectivity index is 0.00000541. The summed E-state index contributed by atoms with van der Waals surface area (Å²) in [7, 11) is 0. The number of aliphatic carboxylic acids is 1. The highest BCUT2D eigenvalue weighted by atomic mass is 32.1. The highest BCUT2D eigenvalue weighted by Crippen LogP contribution is 2.10. The molecule has 1 aromatic heterocycles. The van der Waals surface area contributed by atoms with Gasteiger partial charge in [0.05, 0.1) is 63.5 Å². The van der Waals surface area contributed by atoms with Crippen molar-refractivity contribution in [3.05, 3.63) is 64.7 Å². The Morgan fingerprint density at radius 3 is 1.87 bits per heavy atom. The van der Waals surface area contributed by atoms with Crippen LogP contribution in [-0.4, -0.2) is 128 Å². The molecule has 1 saturated heterocycles. The second-order valence-electron chi connectivity index (χ2n) is 10.4. The molecule has 0 atom stereocenters. The molecule has 47 heavy (non-hydrogen) atoms. The molecular weight excluding hydrogens is 624 g/mol. The molecule has 0 radical (unpaired) electrons. The van der Waals surface area contributed by atoms with Gasteiger partial charge in [0.15, 0.2) is 0 Å². The second kappa shape index (κ2) is 26.0. The van der Waals surface area contributed by atoms with E-state index < -0.39 is 11.9 Å². The smallest absolute Gasteiger partial charge is 0.354 e. The van der Waals surface area contributed by atoms with Gasteiger partial charge in [-0.25, -0.2) is 14.6 Å². The largest absolute Gasteiger partial charge is 0.478 e. The lowest BCUT2D eigenvalue weighted by Crippen LogP contribution is -2.34. The fraction of sp³-hybridized carbons (Fsp3) is 0.588. The van der Waals surface area contributed by atoms with Gasteiger partial charge in [0.25, 0.3) is 0 Å². The summed E-state index contributed by atoms with van der Waals surface area (Å²) < 4.78 is 23.4. The minimum atomic E-state index is -1.05. The van der Waals surface area contributed by atoms with Crippen molar-refractivity contribution in [1.82, 2.24) is 20.1 Å². The zero-order valence-corrected chi connectivity index (χ0v) is 29.5. The quantitative estimate of drug-likeness (QED) is 0.185. The van der Waals surface area contributed by atoms with E-state index in [1.165, 1.54) is 6.07 Å². The molecule has 0 aromatic carbocycles. The molecule has 0 bridgehead atoms. The Kier molecular flexibility index (Phi) is 23.2. The fourth-order valence-electron chi connectivity index (χ4n) is 4.38. The van der Waals surface area contributed by atoms with Crippen molar-refractivity contribution < 1.29 is 38.7 Å². The Morgan fingerprint density at radius 2 is 1.40 bits per heavy atom. The number of hydrogen-bond donors (Lipinski definition) is 3. The van der Waals surface area contributed by atoms with E-state index in [9.17, 15) is 19.8 Å². The molecule has 0 saturated carbocycles. The first-order chi connectivity index (χ1) is 22.7. The van der Waals surface area contributed by atoms with Crippen LogP contribution in [0.4, 0.5) is 0 Å². The summed E-state index contributed by atoms with van der Waals surface area (Å²) in [6, 6.07) is 5.00. The van der Waals surface area contributed by atoms with Gasteiger partial charge in [0.1, 0.15) is 5.69 Å². The zero-order valence-electron chi connectivity index (χ0n) is 28.7. The molecule has 264 valence electrons. The first kappa shape index (κ1) is 42.0. The number of aromatic nitrogens is 1. The summed E-state index contributed by atoms with van der Waals surface area (Å²) in [5.41, 5.74) is 2.55. The molecule has 1 aliphatic rings. The van der Waals surface area contributed by atoms with E-state index in [0.717, 1.165) is 12.0 Å². The first-order valence-electron chi connectivity index (χ1n) is 16.2. The summed E-state index contributed by atoms with van der Waals surface area (Å²) in [5.74, 6) is -2.04. The minimum Gasteiger partial charge on any atom is -0.478 e. The molecule has 0 spiro atoms. The summed E-state index contributed by atoms with van der Waals surface area (Å²) in [4.78, 5) is 31.9. The average molecular weight is 679 g/mol. The third-order valence-corrected chi connectivity index (χ3v) is 6.71. The number of thiocarbonyl (C=S) groups is 1. The van der Waals surface area contributed by atoms with Crippen molar-refractivity contribution in [2.45, 2.75) is 47.6 Å². The topological polar surface area (TPSA) is 143 Å². The Morgan fingerprint density at radius 1 is 0.872 bits per heavy atom. The van der Waals surface area contributed by atoms with Gasteiger partial charge in [-0.1, -0.05) is 45.1 Å². The van der Waals surface area contributed by atoms with Crippen LogP contribution in [0.1, 0.15) is 57.2 Å². The second-order valence-corrected chi connectivity index (χ2v) is 11.0. The minimum absolute atomic E-state index is 0.0224. The molecule has 0 aliphatic carbocycles. The van der Waals surface area contributed by atoms with E-state index >= 15 is 0 Å². The number of aromatic carboxylic acids is 1. The molecular formula is C34H54N4O8S. The van der Waals surface area contributed by atoms with E-state index in [2.05, 4.69) is 33.1 Å². The Hall–Kier alpha value is -3.04. The van der Waals surface area contributed by atoms with E-state index in [-0.39, 0.29) is 11.3 Å². The number of pyridine rings is 1. The normalized spacial score (nSPS) is 17.9. The van der Waals surface area contributed by atoms with E-state index in [4.69, 9.17) is 31.2 Å². The SMILES string of the molecule is CC.CC/C=C(/C=C(\C=C(/C)C(=O)O)NC(C)=S)CN1CCOCCOCCN(Cc2cccc(C(=O)O)n2)CCOCCOCC1. The molecule has 13 heteroatoms. The van der Waals surface area contributed by atoms with Gasteiger partial charge < -0.3 is 34.5 Å². The van der Waals surface area contributed by atoms with Gasteiger partial charge >= 0.3 is 11.9 Å². The van der Waals surface area contributed by atoms with E-state index in [1.807, 2.05) is 26.0 Å². The third kappa shape index (κ3) is 20.0. The molecule has 0 amide bonds. The lowest BCUT2D eigenvalue weighted by molar-refractivity contribution is -0.132. The fourth-order valence-corrected chi connectivity index (χ4v) is 4.49. The number of carbonyl (C=O) groups is 2. The monoisotopic (exact) mass is 678 g/mol. The van der Waals surface area contributed by atoms with Crippen LogP contribution in [-0.2, 0) is 30.3 Å². The van der Waals surface area contributed by atoms with Crippen molar-refractivity contribution in [2.24, 2.45) is 0 Å². The van der Waals surface area contributed by atoms with Crippen molar-refractivity contribution >= 4 is 29.1 Å². The maximum Gasteiger partial charge on any atom is 0.354 e. The number of nitrogens with one attached hydrogen (secondary N) is 1. The first-order valence-corrected chi connectivity index (χ1v) is 16.6. The number of carboxylic acid groups (broad SMARTS) is 2. The molecule has 12 nitrogen and oxygen atoms in total. The number of carboxylic acids is 2. The van der Waals surface area contributed by atoms with Crippen molar-refractivity contribution in [3.63, 3.8) is 0 Å². The van der Waals surface area contributed by atoms with Crippen LogP contribution in [0.2, 0.25) is 0 Å². The predicted molar refractivity (Wildman–Crippen MR) is 187 cm³/mol. The zero-order chi connectivity index (χ0) is 34.9. The van der Waals surface area contributed by atoms with Gasteiger partial charge in [0, 0.05) is 50.5 Å². The molecule has 3 N–H and O–H groups in total. The standard InChI is InChI=1S/C32H48N4O8S.C2H6/c1-4-6-27(22-29(33-26(3)45)21-25(2)31(37)38)23-35-9-13-41-17-19-43-15-11-36(12-16-44-20-18-42-14-10-35)24-28-7-5-8-30(34-28)32(39)40;1-2/h5-8,21-22H,4,9-20,23-24H2,1-3H3,(H,33,45)(H,37,38)(H,39,40);1-2H3/b25-21+,27-6-,29-22+;. The van der Waals surface area contributed by atoms with Gasteiger partial charge in [-0.3, -0.25) is 9.80 Å². The Bertz CT molecular complexity index is 1150. The van der Waals surface area contributed by atoms with E-state index in [1.54, 1.807) is 26.0 Å². The summed E-state index contributed by atoms with van der Waals surface area (Å²) in [5, 5.41) is 21.7. The van der Waals surface area contributed by atoms with Crippen LogP contribution in [0.3, 0.4) is 0 Å². The maximum atomic E-state index is 11.4. The van der Waals surface area contributed by atoms with Gasteiger partial charge in [0.2, 0.25) is 0 Å². The van der Waals surface area contributed by atoms with Gasteiger partial charge in [-0.15, -0.1) is 0 Å². The van der Waals surface area contributed by atoms with Gasteiger partial charge in [-0.05, 0) is 50.1 Å².